The van der Waals surface area contributed by atoms with Crippen molar-refractivity contribution in [2.75, 3.05) is 16.8 Å². The average Bonchev–Trinajstić information content (AvgIpc) is 3.11. The summed E-state index contributed by atoms with van der Waals surface area (Å²) in [6.07, 6.45) is 0. The minimum atomic E-state index is -0.718. The van der Waals surface area contributed by atoms with E-state index in [9.17, 15) is 19.3 Å². The fourth-order valence-corrected chi connectivity index (χ4v) is 5.12. The number of halogens is 1. The van der Waals surface area contributed by atoms with Gasteiger partial charge in [-0.25, -0.2) is 4.39 Å². The molecule has 1 fully saturated rings. The van der Waals surface area contributed by atoms with Crippen LogP contribution in [0.3, 0.4) is 0 Å². The molecule has 0 radical (unpaired) electrons. The van der Waals surface area contributed by atoms with Crippen LogP contribution in [0, 0.1) is 15.9 Å². The number of hydrogen-bond donors (Lipinski definition) is 1. The Labute approximate surface area is 146 Å². The van der Waals surface area contributed by atoms with E-state index >= 15 is 0 Å². The normalized spacial score (nSPS) is 14.5. The Kier molecular flexibility index (Phi) is 5.06. The van der Waals surface area contributed by atoms with Gasteiger partial charge in [-0.2, -0.15) is 0 Å². The molecule has 2 aromatic carbocycles. The van der Waals surface area contributed by atoms with Crippen LogP contribution >= 0.6 is 23.5 Å². The second-order valence-corrected chi connectivity index (χ2v) is 7.80. The number of rotatable bonds is 4. The van der Waals surface area contributed by atoms with E-state index in [0.29, 0.717) is 10.1 Å². The molecule has 3 rings (SSSR count). The van der Waals surface area contributed by atoms with Gasteiger partial charge >= 0.3 is 0 Å². The predicted octanol–water partition coefficient (Wildman–Crippen LogP) is 4.46. The van der Waals surface area contributed by atoms with E-state index in [-0.39, 0.29) is 11.4 Å². The summed E-state index contributed by atoms with van der Waals surface area (Å²) in [5.41, 5.74) is 1.02. The van der Waals surface area contributed by atoms with Gasteiger partial charge in [-0.1, -0.05) is 12.1 Å². The quantitative estimate of drug-likeness (QED) is 0.640. The Bertz CT molecular complexity index is 777. The van der Waals surface area contributed by atoms with Crippen LogP contribution in [-0.4, -0.2) is 22.3 Å². The van der Waals surface area contributed by atoms with Crippen molar-refractivity contribution >= 4 is 40.8 Å². The number of nitro groups is 1. The molecule has 5 nitrogen and oxygen atoms in total. The molecule has 1 saturated heterocycles. The van der Waals surface area contributed by atoms with Gasteiger partial charge in [0.05, 0.1) is 15.2 Å². The minimum absolute atomic E-state index is 0.208. The summed E-state index contributed by atoms with van der Waals surface area (Å²) in [5, 5.41) is 13.1. The van der Waals surface area contributed by atoms with Gasteiger partial charge in [0, 0.05) is 29.2 Å². The van der Waals surface area contributed by atoms with Crippen molar-refractivity contribution in [1.29, 1.82) is 0 Å². The molecule has 1 aliphatic rings. The van der Waals surface area contributed by atoms with Crippen molar-refractivity contribution < 1.29 is 14.1 Å². The van der Waals surface area contributed by atoms with Crippen LogP contribution < -0.4 is 5.32 Å². The third kappa shape index (κ3) is 3.70. The number of thioether (sulfide) groups is 2. The number of hydrogen-bond acceptors (Lipinski definition) is 5. The van der Waals surface area contributed by atoms with Crippen LogP contribution in [0.25, 0.3) is 0 Å². The van der Waals surface area contributed by atoms with Gasteiger partial charge in [-0.3, -0.25) is 14.9 Å². The molecule has 0 aliphatic carbocycles. The van der Waals surface area contributed by atoms with E-state index in [1.807, 2.05) is 35.7 Å². The Morgan fingerprint density at radius 2 is 1.83 bits per heavy atom. The number of nitro benzene ring substituents is 1. The number of nitrogens with one attached hydrogen (secondary N) is 1. The van der Waals surface area contributed by atoms with Gasteiger partial charge in [0.25, 0.3) is 11.6 Å². The van der Waals surface area contributed by atoms with E-state index in [1.54, 1.807) is 12.1 Å². The molecule has 0 unspecified atom stereocenters. The number of amides is 1. The van der Waals surface area contributed by atoms with Crippen molar-refractivity contribution in [3.05, 3.63) is 69.5 Å². The summed E-state index contributed by atoms with van der Waals surface area (Å²) < 4.78 is 14.1. The molecule has 0 spiro atoms. The van der Waals surface area contributed by atoms with Gasteiger partial charge in [-0.15, -0.1) is 23.5 Å². The SMILES string of the molecule is O=C(Nc1cc([N+](=O)[O-])ccc1F)c1ccc(C2SCCS2)cc1. The standard InChI is InChI=1S/C16H13FN2O3S2/c17-13-6-5-12(19(21)22)9-14(13)18-15(20)10-1-3-11(4-2-10)16-23-7-8-24-16/h1-6,9,16H,7-8H2,(H,18,20). The largest absolute Gasteiger partial charge is 0.319 e. The fraction of sp³-hybridized carbons (Fsp3) is 0.188. The van der Waals surface area contributed by atoms with Crippen LogP contribution in [0.4, 0.5) is 15.8 Å². The number of carbonyl (C=O) groups is 1. The van der Waals surface area contributed by atoms with Crippen molar-refractivity contribution in [3.8, 4) is 0 Å². The lowest BCUT2D eigenvalue weighted by Gasteiger charge is -2.10. The maximum Gasteiger partial charge on any atom is 0.271 e. The van der Waals surface area contributed by atoms with E-state index in [1.165, 1.54) is 0 Å². The minimum Gasteiger partial charge on any atom is -0.319 e. The third-order valence-corrected chi connectivity index (χ3v) is 6.58. The number of benzene rings is 2. The first-order valence-corrected chi connectivity index (χ1v) is 9.23. The molecule has 2 aromatic rings. The van der Waals surface area contributed by atoms with Gasteiger partial charge in [0.1, 0.15) is 5.82 Å². The van der Waals surface area contributed by atoms with Gasteiger partial charge in [-0.05, 0) is 23.8 Å². The topological polar surface area (TPSA) is 72.2 Å². The van der Waals surface area contributed by atoms with Crippen LogP contribution in [-0.2, 0) is 0 Å². The van der Waals surface area contributed by atoms with Crippen molar-refractivity contribution in [1.82, 2.24) is 0 Å². The highest BCUT2D eigenvalue weighted by atomic mass is 32.2. The molecular formula is C16H13FN2O3S2. The van der Waals surface area contributed by atoms with Crippen LogP contribution in [0.1, 0.15) is 20.5 Å². The fourth-order valence-electron chi connectivity index (χ4n) is 2.26. The maximum atomic E-state index is 13.7. The summed E-state index contributed by atoms with van der Waals surface area (Å²) in [7, 11) is 0. The first-order chi connectivity index (χ1) is 11.5. The maximum absolute atomic E-state index is 13.7. The molecule has 0 atom stereocenters. The molecule has 124 valence electrons. The first-order valence-electron chi connectivity index (χ1n) is 7.13. The second-order valence-electron chi connectivity index (χ2n) is 5.07. The molecule has 1 amide bonds. The molecular weight excluding hydrogens is 351 g/mol. The Balaban J connectivity index is 1.75. The molecule has 0 bridgehead atoms. The summed E-state index contributed by atoms with van der Waals surface area (Å²) in [4.78, 5) is 22.3. The second kappa shape index (κ2) is 7.23. The monoisotopic (exact) mass is 364 g/mol. The Morgan fingerprint density at radius 3 is 2.46 bits per heavy atom. The molecule has 1 N–H and O–H groups in total. The van der Waals surface area contributed by atoms with Gasteiger partial charge in [0.15, 0.2) is 0 Å². The number of anilines is 1. The van der Waals surface area contributed by atoms with Crippen LogP contribution in [0.2, 0.25) is 0 Å². The Hall–Kier alpha value is -2.06. The molecule has 8 heteroatoms. The van der Waals surface area contributed by atoms with Gasteiger partial charge in [0.2, 0.25) is 0 Å². The van der Waals surface area contributed by atoms with Crippen molar-refractivity contribution in [2.24, 2.45) is 0 Å². The van der Waals surface area contributed by atoms with E-state index in [2.05, 4.69) is 5.32 Å². The zero-order valence-electron chi connectivity index (χ0n) is 12.4. The van der Waals surface area contributed by atoms with Crippen LogP contribution in [0.15, 0.2) is 42.5 Å². The highest BCUT2D eigenvalue weighted by molar-refractivity contribution is 8.19. The van der Waals surface area contributed by atoms with E-state index < -0.39 is 16.6 Å². The summed E-state index contributed by atoms with van der Waals surface area (Å²) in [6.45, 7) is 0. The lowest BCUT2D eigenvalue weighted by molar-refractivity contribution is -0.384. The van der Waals surface area contributed by atoms with Gasteiger partial charge < -0.3 is 5.32 Å². The summed E-state index contributed by atoms with van der Waals surface area (Å²) in [6, 6.07) is 10.2. The summed E-state index contributed by atoms with van der Waals surface area (Å²) in [5.74, 6) is 1.00. The number of carbonyl (C=O) groups excluding carboxylic acids is 1. The van der Waals surface area contributed by atoms with Crippen LogP contribution in [0.5, 0.6) is 0 Å². The van der Waals surface area contributed by atoms with Crippen molar-refractivity contribution in [3.63, 3.8) is 0 Å². The molecule has 0 saturated carbocycles. The Morgan fingerprint density at radius 1 is 1.17 bits per heavy atom. The highest BCUT2D eigenvalue weighted by Crippen LogP contribution is 2.45. The number of nitrogens with zero attached hydrogens (tertiary/aromatic N) is 1. The first kappa shape index (κ1) is 16.8. The molecule has 24 heavy (non-hydrogen) atoms. The molecule has 1 heterocycles. The average molecular weight is 364 g/mol. The third-order valence-electron chi connectivity index (χ3n) is 3.48. The lowest BCUT2D eigenvalue weighted by atomic mass is 10.1. The lowest BCUT2D eigenvalue weighted by Crippen LogP contribution is -2.13. The van der Waals surface area contributed by atoms with E-state index in [0.717, 1.165) is 35.3 Å². The number of non-ortho nitro benzene ring substituents is 1. The van der Waals surface area contributed by atoms with Crippen molar-refractivity contribution in [2.45, 2.75) is 4.58 Å². The highest BCUT2D eigenvalue weighted by Gasteiger charge is 2.19. The summed E-state index contributed by atoms with van der Waals surface area (Å²) >= 11 is 3.74. The predicted molar refractivity (Wildman–Crippen MR) is 95.1 cm³/mol. The molecule has 0 aromatic heterocycles. The zero-order chi connectivity index (χ0) is 17.1. The molecule has 1 aliphatic heterocycles. The van der Waals surface area contributed by atoms with E-state index in [4.69, 9.17) is 0 Å². The zero-order valence-corrected chi connectivity index (χ0v) is 14.0. The smallest absolute Gasteiger partial charge is 0.271 e.